The highest BCUT2D eigenvalue weighted by Crippen LogP contribution is 2.45. The van der Waals surface area contributed by atoms with Gasteiger partial charge in [-0.3, -0.25) is 5.10 Å². The standard InChI is InChI=1S/C27H29F2N5/c1-34-7-5-15-2-3-17(8-19(15)14-34)27-21-11-20(18(12-30)10-24(21)32-33-27)25-23(28)9-16-4-6-31-13-22(16)26(25)29/h9-11,15,17,19,31H,2-8,13-14H2,1H3,(H,32,33). The number of likely N-dealkylation sites (tertiary alicyclic amines) is 1. The van der Waals surface area contributed by atoms with E-state index in [9.17, 15) is 5.26 Å². The fraction of sp³-hybridized carbons (Fsp3) is 0.481. The van der Waals surface area contributed by atoms with Crippen LogP contribution in [-0.2, 0) is 13.0 Å². The molecule has 0 amide bonds. The van der Waals surface area contributed by atoms with E-state index >= 15 is 8.78 Å². The number of nitrogens with one attached hydrogen (secondary N) is 2. The van der Waals surface area contributed by atoms with E-state index in [2.05, 4.69) is 33.5 Å². The van der Waals surface area contributed by atoms with Gasteiger partial charge in [0, 0.05) is 35.5 Å². The first kappa shape index (κ1) is 21.7. The summed E-state index contributed by atoms with van der Waals surface area (Å²) in [7, 11) is 2.19. The van der Waals surface area contributed by atoms with Crippen molar-refractivity contribution in [3.63, 3.8) is 0 Å². The Morgan fingerprint density at radius 1 is 1.15 bits per heavy atom. The van der Waals surface area contributed by atoms with E-state index in [1.807, 2.05) is 0 Å². The highest BCUT2D eigenvalue weighted by molar-refractivity contribution is 5.90. The lowest BCUT2D eigenvalue weighted by Crippen LogP contribution is -2.40. The van der Waals surface area contributed by atoms with Crippen LogP contribution in [0.25, 0.3) is 22.0 Å². The smallest absolute Gasteiger partial charge is 0.138 e. The summed E-state index contributed by atoms with van der Waals surface area (Å²) in [6, 6.07) is 7.07. The second-order valence-corrected chi connectivity index (χ2v) is 10.4. The van der Waals surface area contributed by atoms with Gasteiger partial charge in [0.25, 0.3) is 0 Å². The maximum atomic E-state index is 15.6. The monoisotopic (exact) mass is 461 g/mol. The van der Waals surface area contributed by atoms with Gasteiger partial charge in [-0.25, -0.2) is 8.78 Å². The summed E-state index contributed by atoms with van der Waals surface area (Å²) in [6.07, 6.45) is 5.21. The van der Waals surface area contributed by atoms with Gasteiger partial charge in [0.15, 0.2) is 0 Å². The molecule has 3 aromatic rings. The maximum absolute atomic E-state index is 15.6. The van der Waals surface area contributed by atoms with Gasteiger partial charge in [-0.1, -0.05) is 0 Å². The Balaban J connectivity index is 1.44. The predicted molar refractivity (Wildman–Crippen MR) is 127 cm³/mol. The molecule has 176 valence electrons. The highest BCUT2D eigenvalue weighted by Gasteiger charge is 2.36. The lowest BCUT2D eigenvalue weighted by molar-refractivity contribution is 0.0951. The second-order valence-electron chi connectivity index (χ2n) is 10.4. The van der Waals surface area contributed by atoms with Crippen LogP contribution < -0.4 is 5.32 Å². The Morgan fingerprint density at radius 3 is 2.88 bits per heavy atom. The molecular formula is C27H29F2N5. The minimum atomic E-state index is -0.607. The third kappa shape index (κ3) is 3.52. The quantitative estimate of drug-likeness (QED) is 0.572. The normalized spacial score (nSPS) is 25.1. The first-order valence-electron chi connectivity index (χ1n) is 12.3. The van der Waals surface area contributed by atoms with Crippen molar-refractivity contribution < 1.29 is 8.78 Å². The fourth-order valence-corrected chi connectivity index (χ4v) is 6.56. The second kappa shape index (κ2) is 8.44. The number of H-pyrrole nitrogens is 1. The van der Waals surface area contributed by atoms with E-state index in [4.69, 9.17) is 0 Å². The molecule has 1 aromatic heterocycles. The summed E-state index contributed by atoms with van der Waals surface area (Å²) in [5, 5.41) is 21.6. The van der Waals surface area contributed by atoms with E-state index in [1.165, 1.54) is 25.5 Å². The number of piperidine rings is 1. The SMILES string of the molecule is CN1CCC2CCC(c3n[nH]c4cc(C#N)c(-c5c(F)cc6c(c5F)CNCC6)cc34)CC2C1. The number of benzene rings is 2. The molecule has 1 saturated carbocycles. The third-order valence-electron chi connectivity index (χ3n) is 8.36. The molecule has 0 bridgehead atoms. The van der Waals surface area contributed by atoms with E-state index < -0.39 is 11.6 Å². The number of hydrogen-bond acceptors (Lipinski definition) is 4. The van der Waals surface area contributed by atoms with Crippen molar-refractivity contribution in [3.05, 3.63) is 52.2 Å². The molecule has 3 aliphatic rings. The molecule has 3 heterocycles. The summed E-state index contributed by atoms with van der Waals surface area (Å²) in [4.78, 5) is 2.42. The van der Waals surface area contributed by atoms with Crippen molar-refractivity contribution in [1.29, 1.82) is 5.26 Å². The average Bonchev–Trinajstić information content (AvgIpc) is 3.26. The number of nitriles is 1. The van der Waals surface area contributed by atoms with Gasteiger partial charge in [0.1, 0.15) is 11.6 Å². The van der Waals surface area contributed by atoms with Crippen LogP contribution in [0.3, 0.4) is 0 Å². The molecule has 2 aliphatic heterocycles. The summed E-state index contributed by atoms with van der Waals surface area (Å²) < 4.78 is 30.8. The van der Waals surface area contributed by atoms with Gasteiger partial charge >= 0.3 is 0 Å². The predicted octanol–water partition coefficient (Wildman–Crippen LogP) is 4.86. The zero-order valence-corrected chi connectivity index (χ0v) is 19.4. The Labute approximate surface area is 198 Å². The van der Waals surface area contributed by atoms with Crippen LogP contribution in [0.2, 0.25) is 0 Å². The summed E-state index contributed by atoms with van der Waals surface area (Å²) >= 11 is 0. The largest absolute Gasteiger partial charge is 0.312 e. The number of aromatic nitrogens is 2. The molecule has 3 atom stereocenters. The summed E-state index contributed by atoms with van der Waals surface area (Å²) in [5.74, 6) is 0.583. The molecule has 0 radical (unpaired) electrons. The van der Waals surface area contributed by atoms with E-state index in [0.717, 1.165) is 41.9 Å². The van der Waals surface area contributed by atoms with Crippen LogP contribution in [0.15, 0.2) is 18.2 Å². The molecule has 6 rings (SSSR count). The van der Waals surface area contributed by atoms with Crippen LogP contribution >= 0.6 is 0 Å². The Hall–Kier alpha value is -2.82. The number of halogens is 2. The van der Waals surface area contributed by atoms with Gasteiger partial charge in [0.2, 0.25) is 0 Å². The van der Waals surface area contributed by atoms with Gasteiger partial charge in [0.05, 0.1) is 28.4 Å². The molecule has 0 spiro atoms. The fourth-order valence-electron chi connectivity index (χ4n) is 6.56. The van der Waals surface area contributed by atoms with Crippen molar-refractivity contribution in [2.75, 3.05) is 26.7 Å². The molecule has 2 aromatic carbocycles. The molecule has 7 heteroatoms. The molecule has 1 aliphatic carbocycles. The minimum Gasteiger partial charge on any atom is -0.312 e. The lowest BCUT2D eigenvalue weighted by atomic mass is 9.70. The number of nitrogens with zero attached hydrogens (tertiary/aromatic N) is 3. The van der Waals surface area contributed by atoms with Gasteiger partial charge in [-0.05, 0) is 87.8 Å². The molecule has 5 nitrogen and oxygen atoms in total. The molecule has 3 unspecified atom stereocenters. The number of hydrogen-bond donors (Lipinski definition) is 2. The summed E-state index contributed by atoms with van der Waals surface area (Å²) in [5.41, 5.74) is 3.38. The summed E-state index contributed by atoms with van der Waals surface area (Å²) in [6.45, 7) is 3.37. The Morgan fingerprint density at radius 2 is 2.03 bits per heavy atom. The van der Waals surface area contributed by atoms with Crippen LogP contribution in [0.4, 0.5) is 8.78 Å². The topological polar surface area (TPSA) is 67.7 Å². The highest BCUT2D eigenvalue weighted by atomic mass is 19.1. The van der Waals surface area contributed by atoms with Crippen molar-refractivity contribution in [2.45, 2.75) is 44.6 Å². The van der Waals surface area contributed by atoms with Crippen molar-refractivity contribution in [3.8, 4) is 17.2 Å². The average molecular weight is 462 g/mol. The van der Waals surface area contributed by atoms with Gasteiger partial charge in [-0.15, -0.1) is 0 Å². The van der Waals surface area contributed by atoms with E-state index in [0.29, 0.717) is 48.0 Å². The first-order chi connectivity index (χ1) is 16.5. The number of rotatable bonds is 2. The first-order valence-corrected chi connectivity index (χ1v) is 12.3. The number of fused-ring (bicyclic) bond motifs is 3. The van der Waals surface area contributed by atoms with Crippen LogP contribution in [0.1, 0.15) is 54.0 Å². The minimum absolute atomic E-state index is 0.106. The van der Waals surface area contributed by atoms with Crippen molar-refractivity contribution in [1.82, 2.24) is 20.4 Å². The molecule has 2 N–H and O–H groups in total. The zero-order chi connectivity index (χ0) is 23.4. The van der Waals surface area contributed by atoms with E-state index in [-0.39, 0.29) is 11.1 Å². The van der Waals surface area contributed by atoms with Crippen LogP contribution in [-0.4, -0.2) is 41.8 Å². The van der Waals surface area contributed by atoms with Gasteiger partial charge in [-0.2, -0.15) is 10.4 Å². The van der Waals surface area contributed by atoms with Crippen LogP contribution in [0.5, 0.6) is 0 Å². The van der Waals surface area contributed by atoms with Crippen LogP contribution in [0, 0.1) is 34.8 Å². The maximum Gasteiger partial charge on any atom is 0.138 e. The lowest BCUT2D eigenvalue weighted by Gasteiger charge is -2.42. The third-order valence-corrected chi connectivity index (χ3v) is 8.36. The zero-order valence-electron chi connectivity index (χ0n) is 19.4. The Kier molecular flexibility index (Phi) is 5.39. The molecule has 34 heavy (non-hydrogen) atoms. The van der Waals surface area contributed by atoms with Crippen molar-refractivity contribution >= 4 is 10.9 Å². The molecular weight excluding hydrogens is 432 g/mol. The molecule has 1 saturated heterocycles. The Bertz CT molecular complexity index is 1310. The number of aromatic amines is 1. The van der Waals surface area contributed by atoms with Gasteiger partial charge < -0.3 is 10.2 Å². The molecule has 2 fully saturated rings. The van der Waals surface area contributed by atoms with Crippen molar-refractivity contribution in [2.24, 2.45) is 11.8 Å². The van der Waals surface area contributed by atoms with E-state index in [1.54, 1.807) is 12.1 Å².